The largest absolute Gasteiger partial charge is 0.481 e. The van der Waals surface area contributed by atoms with Crippen molar-refractivity contribution in [3.05, 3.63) is 0 Å². The number of carbonyl (C=O) groups is 2. The van der Waals surface area contributed by atoms with Crippen molar-refractivity contribution in [1.29, 1.82) is 0 Å². The van der Waals surface area contributed by atoms with Gasteiger partial charge in [0.25, 0.3) is 0 Å². The third-order valence-electron chi connectivity index (χ3n) is 10.8. The molecule has 0 amide bonds. The van der Waals surface area contributed by atoms with Crippen LogP contribution in [0.15, 0.2) is 0 Å². The summed E-state index contributed by atoms with van der Waals surface area (Å²) >= 11 is 0. The summed E-state index contributed by atoms with van der Waals surface area (Å²) in [5, 5.41) is 8.84. The van der Waals surface area contributed by atoms with E-state index in [0.717, 1.165) is 64.2 Å². The van der Waals surface area contributed by atoms with E-state index in [9.17, 15) is 9.59 Å². The minimum absolute atomic E-state index is 0.0114. The molecule has 1 N–H and O–H groups in total. The predicted octanol–water partition coefficient (Wildman–Crippen LogP) is 16.0. The molecule has 0 saturated heterocycles. The average Bonchev–Trinajstić information content (AvgIpc) is 3.10. The zero-order valence-corrected chi connectivity index (χ0v) is 34.2. The maximum Gasteiger partial charge on any atom is 0.306 e. The van der Waals surface area contributed by atoms with Crippen LogP contribution in [0.1, 0.15) is 277 Å². The molecule has 0 aromatic rings. The maximum absolute atomic E-state index is 12.7. The molecular formula is C46H90O4. The van der Waals surface area contributed by atoms with E-state index in [-0.39, 0.29) is 18.5 Å². The molecule has 0 spiro atoms. The van der Waals surface area contributed by atoms with Gasteiger partial charge in [-0.3, -0.25) is 9.59 Å². The molecule has 0 bridgehead atoms. The van der Waals surface area contributed by atoms with Gasteiger partial charge in [-0.15, -0.1) is 0 Å². The van der Waals surface area contributed by atoms with Crippen molar-refractivity contribution in [2.24, 2.45) is 0 Å². The fourth-order valence-electron chi connectivity index (χ4n) is 7.42. The molecule has 0 aromatic heterocycles. The van der Waals surface area contributed by atoms with Gasteiger partial charge in [0.1, 0.15) is 6.10 Å². The smallest absolute Gasteiger partial charge is 0.306 e. The second-order valence-electron chi connectivity index (χ2n) is 16.0. The van der Waals surface area contributed by atoms with E-state index in [1.807, 2.05) is 0 Å². The first-order chi connectivity index (χ1) is 24.6. The van der Waals surface area contributed by atoms with Gasteiger partial charge < -0.3 is 9.84 Å². The topological polar surface area (TPSA) is 63.6 Å². The third-order valence-corrected chi connectivity index (χ3v) is 10.8. The number of carboxylic acid groups (broad SMARTS) is 1. The first-order valence-electron chi connectivity index (χ1n) is 23.0. The molecule has 0 aliphatic rings. The van der Waals surface area contributed by atoms with Crippen molar-refractivity contribution in [2.45, 2.75) is 283 Å². The van der Waals surface area contributed by atoms with E-state index >= 15 is 0 Å². The molecule has 1 unspecified atom stereocenters. The highest BCUT2D eigenvalue weighted by molar-refractivity contribution is 5.69. The molecule has 50 heavy (non-hydrogen) atoms. The van der Waals surface area contributed by atoms with Crippen molar-refractivity contribution in [1.82, 2.24) is 0 Å². The van der Waals surface area contributed by atoms with E-state index in [2.05, 4.69) is 13.8 Å². The number of carboxylic acids is 1. The van der Waals surface area contributed by atoms with Gasteiger partial charge >= 0.3 is 11.9 Å². The SMILES string of the molecule is CCCCCCCCCCCCCCCCCCCCCCCC(=O)OC(CCCCCCCCCCCCC)CCCCCCCC(=O)O. The molecule has 1 atom stereocenters. The number of hydrogen-bond donors (Lipinski definition) is 1. The van der Waals surface area contributed by atoms with Gasteiger partial charge in [0.05, 0.1) is 0 Å². The van der Waals surface area contributed by atoms with Gasteiger partial charge in [0.2, 0.25) is 0 Å². The van der Waals surface area contributed by atoms with Crippen LogP contribution >= 0.6 is 0 Å². The molecule has 0 aromatic carbocycles. The summed E-state index contributed by atoms with van der Waals surface area (Å²) in [5.41, 5.74) is 0. The third kappa shape index (κ3) is 41.4. The second-order valence-corrected chi connectivity index (χ2v) is 16.0. The fraction of sp³-hybridized carbons (Fsp3) is 0.957. The van der Waals surface area contributed by atoms with Crippen LogP contribution < -0.4 is 0 Å². The molecule has 0 heterocycles. The zero-order chi connectivity index (χ0) is 36.4. The Kier molecular flexibility index (Phi) is 41.5. The molecule has 0 aliphatic heterocycles. The van der Waals surface area contributed by atoms with Gasteiger partial charge in [0.15, 0.2) is 0 Å². The van der Waals surface area contributed by atoms with Gasteiger partial charge in [-0.05, 0) is 38.5 Å². The summed E-state index contributed by atoms with van der Waals surface area (Å²) in [5.74, 6) is -0.684. The van der Waals surface area contributed by atoms with Gasteiger partial charge in [-0.25, -0.2) is 0 Å². The summed E-state index contributed by atoms with van der Waals surface area (Å²) in [7, 11) is 0. The van der Waals surface area contributed by atoms with Crippen LogP contribution in [0.4, 0.5) is 0 Å². The van der Waals surface area contributed by atoms with Crippen LogP contribution in [0.2, 0.25) is 0 Å². The van der Waals surface area contributed by atoms with E-state index in [1.54, 1.807) is 0 Å². The normalized spacial score (nSPS) is 12.0. The summed E-state index contributed by atoms with van der Waals surface area (Å²) in [6, 6.07) is 0. The first kappa shape index (κ1) is 48.9. The fourth-order valence-corrected chi connectivity index (χ4v) is 7.42. The minimum atomic E-state index is -0.695. The van der Waals surface area contributed by atoms with Crippen LogP contribution in [0, 0.1) is 0 Å². The number of unbranched alkanes of at least 4 members (excludes halogenated alkanes) is 34. The van der Waals surface area contributed by atoms with Crippen molar-refractivity contribution in [3.8, 4) is 0 Å². The van der Waals surface area contributed by atoms with Gasteiger partial charge in [-0.1, -0.05) is 226 Å². The zero-order valence-electron chi connectivity index (χ0n) is 34.2. The Balaban J connectivity index is 3.83. The van der Waals surface area contributed by atoms with Crippen molar-refractivity contribution in [2.75, 3.05) is 0 Å². The Morgan fingerprint density at radius 1 is 0.360 bits per heavy atom. The Hall–Kier alpha value is -1.06. The Morgan fingerprint density at radius 2 is 0.600 bits per heavy atom. The lowest BCUT2D eigenvalue weighted by molar-refractivity contribution is -0.150. The van der Waals surface area contributed by atoms with Crippen LogP contribution in [0.5, 0.6) is 0 Å². The number of rotatable bonds is 43. The summed E-state index contributed by atoms with van der Waals surface area (Å²) in [6.07, 6.45) is 51.5. The molecule has 0 fully saturated rings. The van der Waals surface area contributed by atoms with E-state index in [1.165, 1.54) is 186 Å². The van der Waals surface area contributed by atoms with Crippen molar-refractivity contribution < 1.29 is 19.4 Å². The lowest BCUT2D eigenvalue weighted by atomic mass is 10.0. The molecular weight excluding hydrogens is 617 g/mol. The van der Waals surface area contributed by atoms with E-state index in [4.69, 9.17) is 9.84 Å². The lowest BCUT2D eigenvalue weighted by Crippen LogP contribution is -2.18. The summed E-state index contributed by atoms with van der Waals surface area (Å²) in [6.45, 7) is 4.57. The molecule has 0 saturated carbocycles. The monoisotopic (exact) mass is 707 g/mol. The molecule has 0 radical (unpaired) electrons. The molecule has 4 heteroatoms. The highest BCUT2D eigenvalue weighted by Crippen LogP contribution is 2.20. The molecule has 0 aliphatic carbocycles. The van der Waals surface area contributed by atoms with Crippen LogP contribution in [-0.4, -0.2) is 23.1 Å². The Labute approximate surface area is 313 Å². The molecule has 4 nitrogen and oxygen atoms in total. The van der Waals surface area contributed by atoms with Gasteiger partial charge in [-0.2, -0.15) is 0 Å². The van der Waals surface area contributed by atoms with Gasteiger partial charge in [0, 0.05) is 12.8 Å². The molecule has 0 rings (SSSR count). The number of esters is 1. The highest BCUT2D eigenvalue weighted by Gasteiger charge is 2.14. The number of aliphatic carboxylic acids is 1. The Morgan fingerprint density at radius 3 is 0.880 bits per heavy atom. The number of ether oxygens (including phenoxy) is 1. The number of hydrogen-bond acceptors (Lipinski definition) is 3. The summed E-state index contributed by atoms with van der Waals surface area (Å²) < 4.78 is 6.03. The average molecular weight is 707 g/mol. The number of carbonyl (C=O) groups excluding carboxylic acids is 1. The Bertz CT molecular complexity index is 677. The van der Waals surface area contributed by atoms with Crippen molar-refractivity contribution >= 4 is 11.9 Å². The summed E-state index contributed by atoms with van der Waals surface area (Å²) in [4.78, 5) is 23.4. The first-order valence-corrected chi connectivity index (χ1v) is 23.0. The van der Waals surface area contributed by atoms with Crippen LogP contribution in [0.25, 0.3) is 0 Å². The maximum atomic E-state index is 12.7. The lowest BCUT2D eigenvalue weighted by Gasteiger charge is -2.18. The van der Waals surface area contributed by atoms with Crippen LogP contribution in [0.3, 0.4) is 0 Å². The van der Waals surface area contributed by atoms with E-state index < -0.39 is 5.97 Å². The standard InChI is InChI=1S/C46H90O4/c1-3-5-7-9-11-13-15-16-17-18-19-20-21-22-23-24-26-28-30-35-39-43-46(49)50-44(41-37-33-31-34-38-42-45(47)48)40-36-32-29-27-25-14-12-10-8-6-4-2/h44H,3-43H2,1-2H3,(H,47,48). The quantitative estimate of drug-likeness (QED) is 0.0506. The van der Waals surface area contributed by atoms with Crippen molar-refractivity contribution in [3.63, 3.8) is 0 Å². The minimum Gasteiger partial charge on any atom is -0.481 e. The van der Waals surface area contributed by atoms with E-state index in [0.29, 0.717) is 6.42 Å². The second kappa shape index (κ2) is 42.4. The van der Waals surface area contributed by atoms with Crippen LogP contribution in [-0.2, 0) is 14.3 Å². The molecule has 298 valence electrons. The highest BCUT2D eigenvalue weighted by atomic mass is 16.5. The predicted molar refractivity (Wildman–Crippen MR) is 218 cm³/mol.